The minimum Gasteiger partial charge on any atom is -0.368 e. The van der Waals surface area contributed by atoms with Crippen molar-refractivity contribution in [2.45, 2.75) is 19.8 Å². The molecule has 2 heterocycles. The molecule has 5 heteroatoms. The number of Topliss-reactive ketones (excluding diaryl/α,β-unsaturated/α-hetero) is 1. The predicted octanol–water partition coefficient (Wildman–Crippen LogP) is 2.50. The fraction of sp³-hybridized carbons (Fsp3) is 0.188. The molecule has 0 unspecified atom stereocenters. The minimum absolute atomic E-state index is 0.243. The maximum atomic E-state index is 11.5. The minimum atomic E-state index is 0.243. The van der Waals surface area contributed by atoms with Crippen molar-refractivity contribution in [2.75, 3.05) is 5.73 Å². The van der Waals surface area contributed by atoms with E-state index in [4.69, 9.17) is 5.73 Å². The molecule has 2 aromatic heterocycles. The second-order valence-electron chi connectivity index (χ2n) is 4.93. The Morgan fingerprint density at radius 3 is 2.62 bits per heavy atom. The monoisotopic (exact) mass is 280 g/mol. The molecule has 1 aromatic carbocycles. The van der Waals surface area contributed by atoms with Gasteiger partial charge in [0.25, 0.3) is 0 Å². The lowest BCUT2D eigenvalue weighted by molar-refractivity contribution is -0.118. The van der Waals surface area contributed by atoms with Crippen molar-refractivity contribution in [1.82, 2.24) is 14.6 Å². The first-order chi connectivity index (χ1) is 10.2. The molecule has 0 atom stereocenters. The van der Waals surface area contributed by atoms with Crippen molar-refractivity contribution in [3.63, 3.8) is 0 Å². The molecule has 3 rings (SSSR count). The Hall–Kier alpha value is -2.69. The van der Waals surface area contributed by atoms with Crippen molar-refractivity contribution < 1.29 is 4.79 Å². The number of nitrogens with two attached hydrogens (primary N) is 1. The van der Waals surface area contributed by atoms with Gasteiger partial charge in [0.2, 0.25) is 5.95 Å². The van der Waals surface area contributed by atoms with Gasteiger partial charge in [-0.1, -0.05) is 37.3 Å². The number of rotatable bonds is 4. The van der Waals surface area contributed by atoms with Crippen LogP contribution in [0.15, 0.2) is 42.5 Å². The van der Waals surface area contributed by atoms with E-state index >= 15 is 0 Å². The number of anilines is 1. The predicted molar refractivity (Wildman–Crippen MR) is 81.8 cm³/mol. The van der Waals surface area contributed by atoms with Crippen LogP contribution in [0.4, 0.5) is 5.95 Å². The van der Waals surface area contributed by atoms with Crippen LogP contribution in [0.2, 0.25) is 0 Å². The van der Waals surface area contributed by atoms with Crippen LogP contribution in [0, 0.1) is 0 Å². The molecular formula is C16H16N4O. The van der Waals surface area contributed by atoms with Crippen LogP contribution in [-0.2, 0) is 11.2 Å². The van der Waals surface area contributed by atoms with Gasteiger partial charge >= 0.3 is 0 Å². The summed E-state index contributed by atoms with van der Waals surface area (Å²) in [6, 6.07) is 13.7. The summed E-state index contributed by atoms with van der Waals surface area (Å²) in [5.74, 6) is 0.610. The Bertz CT molecular complexity index is 790. The van der Waals surface area contributed by atoms with E-state index in [1.165, 1.54) is 0 Å². The maximum absolute atomic E-state index is 11.5. The summed E-state index contributed by atoms with van der Waals surface area (Å²) in [6.45, 7) is 1.88. The molecule has 0 aliphatic heterocycles. The topological polar surface area (TPSA) is 73.3 Å². The molecule has 5 nitrogen and oxygen atoms in total. The Balaban J connectivity index is 1.99. The first-order valence-electron chi connectivity index (χ1n) is 6.89. The molecule has 3 aromatic rings. The van der Waals surface area contributed by atoms with Gasteiger partial charge in [-0.05, 0) is 23.3 Å². The van der Waals surface area contributed by atoms with Gasteiger partial charge in [-0.15, -0.1) is 10.2 Å². The first kappa shape index (κ1) is 13.3. The van der Waals surface area contributed by atoms with Gasteiger partial charge in [-0.2, -0.15) is 0 Å². The van der Waals surface area contributed by atoms with Crippen LogP contribution in [0.1, 0.15) is 18.9 Å². The molecule has 0 radical (unpaired) electrons. The fourth-order valence-electron chi connectivity index (χ4n) is 2.34. The van der Waals surface area contributed by atoms with E-state index in [1.54, 1.807) is 0 Å². The first-order valence-corrected chi connectivity index (χ1v) is 6.89. The van der Waals surface area contributed by atoms with Gasteiger partial charge in [0, 0.05) is 12.8 Å². The molecule has 0 saturated carbocycles. The maximum Gasteiger partial charge on any atom is 0.226 e. The van der Waals surface area contributed by atoms with Gasteiger partial charge in [0.1, 0.15) is 5.78 Å². The van der Waals surface area contributed by atoms with E-state index in [-0.39, 0.29) is 5.78 Å². The number of hydrogen-bond donors (Lipinski definition) is 1. The number of nitrogens with zero attached hydrogens (tertiary/aromatic N) is 3. The number of fused-ring (bicyclic) bond motifs is 1. The largest absolute Gasteiger partial charge is 0.368 e. The number of carbonyl (C=O) groups excluding carboxylic acids is 1. The normalized spacial score (nSPS) is 10.9. The highest BCUT2D eigenvalue weighted by atomic mass is 16.1. The summed E-state index contributed by atoms with van der Waals surface area (Å²) in [5.41, 5.74) is 9.56. The van der Waals surface area contributed by atoms with Gasteiger partial charge < -0.3 is 5.73 Å². The van der Waals surface area contributed by atoms with Gasteiger partial charge in [-0.3, -0.25) is 9.20 Å². The van der Waals surface area contributed by atoms with E-state index < -0.39 is 0 Å². The fourth-order valence-corrected chi connectivity index (χ4v) is 2.34. The Morgan fingerprint density at radius 1 is 1.14 bits per heavy atom. The molecule has 0 saturated heterocycles. The van der Waals surface area contributed by atoms with Crippen LogP contribution in [0.5, 0.6) is 0 Å². The van der Waals surface area contributed by atoms with Gasteiger partial charge in [0.05, 0.1) is 5.69 Å². The smallest absolute Gasteiger partial charge is 0.226 e. The van der Waals surface area contributed by atoms with Gasteiger partial charge in [-0.25, -0.2) is 0 Å². The number of nitrogen functional groups attached to an aromatic ring is 1. The highest BCUT2D eigenvalue weighted by molar-refractivity contribution is 5.80. The van der Waals surface area contributed by atoms with Crippen molar-refractivity contribution >= 4 is 17.4 Å². The molecule has 0 fully saturated rings. The van der Waals surface area contributed by atoms with E-state index in [0.717, 1.165) is 22.5 Å². The Kier molecular flexibility index (Phi) is 3.39. The quantitative estimate of drug-likeness (QED) is 0.797. The third kappa shape index (κ3) is 2.50. The van der Waals surface area contributed by atoms with Crippen LogP contribution in [-0.4, -0.2) is 20.4 Å². The number of ketones is 1. The second-order valence-corrected chi connectivity index (χ2v) is 4.93. The number of hydrogen-bond acceptors (Lipinski definition) is 4. The molecule has 0 bridgehead atoms. The summed E-state index contributed by atoms with van der Waals surface area (Å²) in [4.78, 5) is 11.5. The van der Waals surface area contributed by atoms with Crippen LogP contribution in [0.25, 0.3) is 16.9 Å². The highest BCUT2D eigenvalue weighted by Gasteiger charge is 2.08. The number of pyridine rings is 1. The van der Waals surface area contributed by atoms with E-state index in [2.05, 4.69) is 10.2 Å². The highest BCUT2D eigenvalue weighted by Crippen LogP contribution is 2.23. The molecule has 21 heavy (non-hydrogen) atoms. The summed E-state index contributed by atoms with van der Waals surface area (Å²) < 4.78 is 1.81. The Labute approximate surface area is 122 Å². The van der Waals surface area contributed by atoms with Crippen molar-refractivity contribution in [3.05, 3.63) is 48.0 Å². The van der Waals surface area contributed by atoms with Crippen molar-refractivity contribution in [3.8, 4) is 11.3 Å². The second kappa shape index (κ2) is 5.36. The molecule has 0 amide bonds. The van der Waals surface area contributed by atoms with Crippen molar-refractivity contribution in [1.29, 1.82) is 0 Å². The molecule has 2 N–H and O–H groups in total. The molecule has 106 valence electrons. The zero-order valence-corrected chi connectivity index (χ0v) is 11.8. The number of carbonyl (C=O) groups is 1. The van der Waals surface area contributed by atoms with Crippen LogP contribution < -0.4 is 5.73 Å². The SMILES string of the molecule is CCC(=O)Cc1ccc(-c2cccc3nnc(N)n23)cc1. The molecule has 0 aliphatic rings. The lowest BCUT2D eigenvalue weighted by Gasteiger charge is -2.07. The third-order valence-corrected chi connectivity index (χ3v) is 3.50. The lowest BCUT2D eigenvalue weighted by Crippen LogP contribution is -2.00. The Morgan fingerprint density at radius 2 is 1.90 bits per heavy atom. The van der Waals surface area contributed by atoms with Crippen molar-refractivity contribution in [2.24, 2.45) is 0 Å². The standard InChI is InChI=1S/C16H16N4O/c1-2-13(21)10-11-6-8-12(9-7-11)14-4-3-5-15-18-19-16(17)20(14)15/h3-9H,2,10H2,1H3,(H2,17,19). The van der Waals surface area contributed by atoms with E-state index in [0.29, 0.717) is 18.8 Å². The lowest BCUT2D eigenvalue weighted by atomic mass is 10.0. The van der Waals surface area contributed by atoms with E-state index in [9.17, 15) is 4.79 Å². The third-order valence-electron chi connectivity index (χ3n) is 3.50. The summed E-state index contributed by atoms with van der Waals surface area (Å²) in [6.07, 6.45) is 1.05. The van der Waals surface area contributed by atoms with E-state index in [1.807, 2.05) is 53.8 Å². The average Bonchev–Trinajstić information content (AvgIpc) is 2.90. The average molecular weight is 280 g/mol. The van der Waals surface area contributed by atoms with Crippen LogP contribution >= 0.6 is 0 Å². The summed E-state index contributed by atoms with van der Waals surface area (Å²) >= 11 is 0. The summed E-state index contributed by atoms with van der Waals surface area (Å²) in [7, 11) is 0. The zero-order valence-electron chi connectivity index (χ0n) is 11.8. The molecule has 0 aliphatic carbocycles. The van der Waals surface area contributed by atoms with Gasteiger partial charge in [0.15, 0.2) is 5.65 Å². The zero-order chi connectivity index (χ0) is 14.8. The molecular weight excluding hydrogens is 264 g/mol. The molecule has 0 spiro atoms. The summed E-state index contributed by atoms with van der Waals surface area (Å²) in [5, 5.41) is 7.91. The van der Waals surface area contributed by atoms with Crippen LogP contribution in [0.3, 0.4) is 0 Å². The number of aromatic nitrogens is 3. The number of benzene rings is 1.